The third-order valence-corrected chi connectivity index (χ3v) is 4.88. The van der Waals surface area contributed by atoms with E-state index >= 15 is 0 Å². The van der Waals surface area contributed by atoms with Crippen molar-refractivity contribution in [1.82, 2.24) is 14.5 Å². The Balaban J connectivity index is 1.43. The largest absolute Gasteiger partial charge is 0.331 e. The third-order valence-electron chi connectivity index (χ3n) is 4.65. The van der Waals surface area contributed by atoms with Gasteiger partial charge in [0.1, 0.15) is 5.82 Å². The summed E-state index contributed by atoms with van der Waals surface area (Å²) in [4.78, 5) is 7.07. The van der Waals surface area contributed by atoms with E-state index in [2.05, 4.69) is 38.8 Å². The van der Waals surface area contributed by atoms with Crippen LogP contribution >= 0.6 is 11.6 Å². The maximum atomic E-state index is 6.11. The number of rotatable bonds is 4. The summed E-state index contributed by atoms with van der Waals surface area (Å²) >= 11 is 6.11. The van der Waals surface area contributed by atoms with Gasteiger partial charge in [0, 0.05) is 30.0 Å². The summed E-state index contributed by atoms with van der Waals surface area (Å²) in [6.07, 6.45) is 7.92. The van der Waals surface area contributed by atoms with Gasteiger partial charge < -0.3 is 4.57 Å². The van der Waals surface area contributed by atoms with Crippen LogP contribution in [0.4, 0.5) is 0 Å². The average Bonchev–Trinajstić information content (AvgIpc) is 3.04. The molecule has 0 amide bonds. The van der Waals surface area contributed by atoms with Crippen LogP contribution in [0.5, 0.6) is 0 Å². The number of hydrogen-bond donors (Lipinski definition) is 0. The standard InChI is InChI=1S/C17H20ClN3/c18-15-3-1-2-13(10-15)14-6-8-20(11-14)12-17-19-7-9-21(17)16-4-5-16/h1-3,7,9-10,14,16H,4-6,8,11-12H2/t14-/m0/s1. The van der Waals surface area contributed by atoms with Crippen LogP contribution in [0.2, 0.25) is 5.02 Å². The van der Waals surface area contributed by atoms with E-state index in [9.17, 15) is 0 Å². The number of nitrogens with zero attached hydrogens (tertiary/aromatic N) is 3. The molecule has 3 nitrogen and oxygen atoms in total. The minimum Gasteiger partial charge on any atom is -0.331 e. The van der Waals surface area contributed by atoms with Crippen molar-refractivity contribution in [3.05, 3.63) is 53.1 Å². The summed E-state index contributed by atoms with van der Waals surface area (Å²) < 4.78 is 2.37. The highest BCUT2D eigenvalue weighted by Crippen LogP contribution is 2.36. The van der Waals surface area contributed by atoms with Gasteiger partial charge in [0.05, 0.1) is 6.54 Å². The van der Waals surface area contributed by atoms with Gasteiger partial charge in [-0.05, 0) is 49.4 Å². The number of halogens is 1. The van der Waals surface area contributed by atoms with Crippen LogP contribution in [0.15, 0.2) is 36.7 Å². The van der Waals surface area contributed by atoms with Crippen LogP contribution < -0.4 is 0 Å². The maximum Gasteiger partial charge on any atom is 0.123 e. The molecule has 1 atom stereocenters. The van der Waals surface area contributed by atoms with Crippen LogP contribution in [0, 0.1) is 0 Å². The second kappa shape index (κ2) is 5.47. The molecule has 1 aliphatic heterocycles. The Morgan fingerprint density at radius 3 is 2.95 bits per heavy atom. The molecule has 110 valence electrons. The molecule has 4 rings (SSSR count). The van der Waals surface area contributed by atoms with Crippen LogP contribution in [-0.2, 0) is 6.54 Å². The molecule has 1 saturated heterocycles. The van der Waals surface area contributed by atoms with Crippen molar-refractivity contribution in [1.29, 1.82) is 0 Å². The van der Waals surface area contributed by atoms with E-state index in [-0.39, 0.29) is 0 Å². The molecule has 1 saturated carbocycles. The number of hydrogen-bond acceptors (Lipinski definition) is 2. The first-order chi connectivity index (χ1) is 10.3. The van der Waals surface area contributed by atoms with Crippen LogP contribution in [-0.4, -0.2) is 27.5 Å². The lowest BCUT2D eigenvalue weighted by Crippen LogP contribution is -2.22. The number of imidazole rings is 1. The number of aromatic nitrogens is 2. The highest BCUT2D eigenvalue weighted by atomic mass is 35.5. The van der Waals surface area contributed by atoms with Crippen LogP contribution in [0.1, 0.15) is 42.6 Å². The zero-order chi connectivity index (χ0) is 14.2. The fraction of sp³-hybridized carbons (Fsp3) is 0.471. The molecular weight excluding hydrogens is 282 g/mol. The normalized spacial score (nSPS) is 22.8. The Morgan fingerprint density at radius 1 is 1.24 bits per heavy atom. The first-order valence-electron chi connectivity index (χ1n) is 7.79. The first kappa shape index (κ1) is 13.4. The predicted octanol–water partition coefficient (Wildman–Crippen LogP) is 3.86. The minimum absolute atomic E-state index is 0.605. The summed E-state index contributed by atoms with van der Waals surface area (Å²) in [6, 6.07) is 9.03. The molecule has 4 heteroatoms. The lowest BCUT2D eigenvalue weighted by atomic mass is 9.99. The predicted molar refractivity (Wildman–Crippen MR) is 84.6 cm³/mol. The molecule has 0 N–H and O–H groups in total. The van der Waals surface area contributed by atoms with E-state index in [4.69, 9.17) is 11.6 Å². The molecule has 2 fully saturated rings. The van der Waals surface area contributed by atoms with Crippen LogP contribution in [0.25, 0.3) is 0 Å². The highest BCUT2D eigenvalue weighted by molar-refractivity contribution is 6.30. The molecule has 0 bridgehead atoms. The van der Waals surface area contributed by atoms with E-state index in [0.717, 1.165) is 24.7 Å². The lowest BCUT2D eigenvalue weighted by Gasteiger charge is -2.17. The smallest absolute Gasteiger partial charge is 0.123 e. The number of likely N-dealkylation sites (tertiary alicyclic amines) is 1. The second-order valence-electron chi connectivity index (χ2n) is 6.26. The molecule has 0 unspecified atom stereocenters. The Morgan fingerprint density at radius 2 is 2.14 bits per heavy atom. The molecule has 0 radical (unpaired) electrons. The van der Waals surface area contributed by atoms with Gasteiger partial charge in [-0.3, -0.25) is 4.90 Å². The molecule has 2 aromatic rings. The van der Waals surface area contributed by atoms with E-state index in [1.807, 2.05) is 12.3 Å². The summed E-state index contributed by atoms with van der Waals surface area (Å²) in [5.74, 6) is 1.83. The Kier molecular flexibility index (Phi) is 3.48. The van der Waals surface area contributed by atoms with Crippen molar-refractivity contribution in [2.45, 2.75) is 37.8 Å². The summed E-state index contributed by atoms with van der Waals surface area (Å²) in [7, 11) is 0. The van der Waals surface area contributed by atoms with Gasteiger partial charge in [-0.25, -0.2) is 4.98 Å². The Bertz CT molecular complexity index is 632. The van der Waals surface area contributed by atoms with Gasteiger partial charge in [-0.1, -0.05) is 23.7 Å². The first-order valence-corrected chi connectivity index (χ1v) is 8.17. The minimum atomic E-state index is 0.605. The molecule has 1 aromatic carbocycles. The van der Waals surface area contributed by atoms with Crippen molar-refractivity contribution in [2.24, 2.45) is 0 Å². The van der Waals surface area contributed by atoms with Gasteiger partial charge in [-0.2, -0.15) is 0 Å². The molecule has 1 aromatic heterocycles. The maximum absolute atomic E-state index is 6.11. The zero-order valence-electron chi connectivity index (χ0n) is 12.1. The Labute approximate surface area is 130 Å². The molecule has 21 heavy (non-hydrogen) atoms. The van der Waals surface area contributed by atoms with Gasteiger partial charge in [-0.15, -0.1) is 0 Å². The highest BCUT2D eigenvalue weighted by Gasteiger charge is 2.28. The monoisotopic (exact) mass is 301 g/mol. The van der Waals surface area contributed by atoms with Gasteiger partial charge in [0.25, 0.3) is 0 Å². The fourth-order valence-electron chi connectivity index (χ4n) is 3.36. The quantitative estimate of drug-likeness (QED) is 0.855. The fourth-order valence-corrected chi connectivity index (χ4v) is 3.56. The summed E-state index contributed by atoms with van der Waals surface area (Å²) in [6.45, 7) is 3.23. The van der Waals surface area contributed by atoms with Crippen molar-refractivity contribution in [2.75, 3.05) is 13.1 Å². The van der Waals surface area contributed by atoms with Crippen molar-refractivity contribution < 1.29 is 0 Å². The second-order valence-corrected chi connectivity index (χ2v) is 6.69. The molecule has 0 spiro atoms. The third kappa shape index (κ3) is 2.85. The zero-order valence-corrected chi connectivity index (χ0v) is 12.8. The van der Waals surface area contributed by atoms with Crippen molar-refractivity contribution in [3.8, 4) is 0 Å². The summed E-state index contributed by atoms with van der Waals surface area (Å²) in [5.41, 5.74) is 1.37. The van der Waals surface area contributed by atoms with Crippen molar-refractivity contribution in [3.63, 3.8) is 0 Å². The SMILES string of the molecule is Clc1cccc([C@H]2CCN(Cc3nccn3C3CC3)C2)c1. The van der Waals surface area contributed by atoms with Gasteiger partial charge in [0.2, 0.25) is 0 Å². The van der Waals surface area contributed by atoms with E-state index in [0.29, 0.717) is 12.0 Å². The van der Waals surface area contributed by atoms with Crippen molar-refractivity contribution >= 4 is 11.6 Å². The lowest BCUT2D eigenvalue weighted by molar-refractivity contribution is 0.312. The number of benzene rings is 1. The van der Waals surface area contributed by atoms with Gasteiger partial charge >= 0.3 is 0 Å². The molecular formula is C17H20ClN3. The Hall–Kier alpha value is -1.32. The summed E-state index contributed by atoms with van der Waals surface area (Å²) in [5, 5.41) is 0.843. The average molecular weight is 302 g/mol. The van der Waals surface area contributed by atoms with Crippen LogP contribution in [0.3, 0.4) is 0 Å². The van der Waals surface area contributed by atoms with E-state index in [1.165, 1.54) is 30.7 Å². The molecule has 1 aliphatic carbocycles. The topological polar surface area (TPSA) is 21.1 Å². The molecule has 2 heterocycles. The molecule has 2 aliphatic rings. The van der Waals surface area contributed by atoms with Gasteiger partial charge in [0.15, 0.2) is 0 Å². The van der Waals surface area contributed by atoms with E-state index in [1.54, 1.807) is 0 Å². The van der Waals surface area contributed by atoms with E-state index < -0.39 is 0 Å².